The predicted molar refractivity (Wildman–Crippen MR) is 78.8 cm³/mol. The van der Waals surface area contributed by atoms with Crippen molar-refractivity contribution >= 4 is 5.82 Å². The van der Waals surface area contributed by atoms with Crippen LogP contribution in [0.2, 0.25) is 0 Å². The number of nitrogens with one attached hydrogen (secondary N) is 1. The van der Waals surface area contributed by atoms with Gasteiger partial charge in [0.15, 0.2) is 0 Å². The van der Waals surface area contributed by atoms with Crippen LogP contribution < -0.4 is 5.32 Å². The monoisotopic (exact) mass is 323 g/mol. The molecule has 4 nitrogen and oxygen atoms in total. The first-order chi connectivity index (χ1) is 11.0. The molecular weight excluding hydrogens is 307 g/mol. The van der Waals surface area contributed by atoms with Crippen molar-refractivity contribution in [1.82, 2.24) is 9.97 Å². The fourth-order valence-corrected chi connectivity index (χ4v) is 2.67. The molecule has 0 amide bonds. The summed E-state index contributed by atoms with van der Waals surface area (Å²) < 4.78 is 44.1. The third-order valence-electron chi connectivity index (χ3n) is 3.73. The first-order valence-corrected chi connectivity index (χ1v) is 7.36. The van der Waals surface area contributed by atoms with Crippen molar-refractivity contribution in [2.24, 2.45) is 0 Å². The summed E-state index contributed by atoms with van der Waals surface area (Å²) >= 11 is 0. The zero-order valence-electron chi connectivity index (χ0n) is 12.3. The van der Waals surface area contributed by atoms with Gasteiger partial charge in [-0.05, 0) is 42.7 Å². The predicted octanol–water partition coefficient (Wildman–Crippen LogP) is 3.83. The Labute approximate surface area is 131 Å². The van der Waals surface area contributed by atoms with E-state index in [1.54, 1.807) is 12.4 Å². The molecule has 0 radical (unpaired) electrons. The summed E-state index contributed by atoms with van der Waals surface area (Å²) in [6.07, 6.45) is 0.303. The fourth-order valence-electron chi connectivity index (χ4n) is 2.67. The second-order valence-electron chi connectivity index (χ2n) is 5.37. The summed E-state index contributed by atoms with van der Waals surface area (Å²) in [4.78, 5) is 7.64. The number of anilines is 1. The Morgan fingerprint density at radius 3 is 2.65 bits per heavy atom. The zero-order valence-corrected chi connectivity index (χ0v) is 12.3. The normalized spacial score (nSPS) is 21.9. The molecule has 0 unspecified atom stereocenters. The number of hydrogen-bond donors (Lipinski definition) is 1. The maximum absolute atomic E-state index is 12.8. The number of aromatic nitrogens is 2. The van der Waals surface area contributed by atoms with Crippen LogP contribution in [0, 0.1) is 0 Å². The largest absolute Gasteiger partial charge is 0.433 e. The lowest BCUT2D eigenvalue weighted by molar-refractivity contribution is -0.141. The highest BCUT2D eigenvalue weighted by Gasteiger charge is 2.33. The van der Waals surface area contributed by atoms with E-state index in [0.29, 0.717) is 6.61 Å². The van der Waals surface area contributed by atoms with E-state index in [0.717, 1.165) is 24.5 Å². The van der Waals surface area contributed by atoms with Crippen molar-refractivity contribution < 1.29 is 17.9 Å². The molecule has 0 aromatic carbocycles. The van der Waals surface area contributed by atoms with Crippen LogP contribution in [0.25, 0.3) is 0 Å². The van der Waals surface area contributed by atoms with Crippen LogP contribution in [0.4, 0.5) is 19.0 Å². The van der Waals surface area contributed by atoms with Crippen molar-refractivity contribution in [2.45, 2.75) is 31.2 Å². The van der Waals surface area contributed by atoms with Crippen LogP contribution in [0.15, 0.2) is 42.7 Å². The highest BCUT2D eigenvalue weighted by molar-refractivity contribution is 5.38. The maximum Gasteiger partial charge on any atom is 0.433 e. The standard InChI is InChI=1S/C16H16F3N3O/c17-16(18,19)13-4-1-5-14(22-13)21-12-3-2-10-23-15(12)11-6-8-20-9-7-11/h1,4-9,12,15H,2-3,10H2,(H,21,22)/t12-,15+/m1/s1. The minimum absolute atomic E-state index is 0.137. The number of alkyl halides is 3. The average molecular weight is 323 g/mol. The molecule has 1 N–H and O–H groups in total. The number of hydrogen-bond acceptors (Lipinski definition) is 4. The van der Waals surface area contributed by atoms with E-state index >= 15 is 0 Å². The molecule has 7 heteroatoms. The van der Waals surface area contributed by atoms with Crippen LogP contribution in [-0.4, -0.2) is 22.6 Å². The number of rotatable bonds is 3. The highest BCUT2D eigenvalue weighted by Crippen LogP contribution is 2.32. The first-order valence-electron chi connectivity index (χ1n) is 7.36. The van der Waals surface area contributed by atoms with Gasteiger partial charge in [0.25, 0.3) is 0 Å². The molecule has 2 aromatic rings. The van der Waals surface area contributed by atoms with Crippen molar-refractivity contribution in [3.63, 3.8) is 0 Å². The van der Waals surface area contributed by atoms with Gasteiger partial charge < -0.3 is 10.1 Å². The van der Waals surface area contributed by atoms with Gasteiger partial charge in [-0.1, -0.05) is 6.07 Å². The molecule has 0 bridgehead atoms. The second-order valence-corrected chi connectivity index (χ2v) is 5.37. The molecule has 0 aliphatic carbocycles. The molecule has 1 fully saturated rings. The topological polar surface area (TPSA) is 47.0 Å². The van der Waals surface area contributed by atoms with Crippen LogP contribution in [0.3, 0.4) is 0 Å². The summed E-state index contributed by atoms with van der Waals surface area (Å²) in [6.45, 7) is 0.626. The Morgan fingerprint density at radius 2 is 1.91 bits per heavy atom. The van der Waals surface area contributed by atoms with Gasteiger partial charge in [0, 0.05) is 19.0 Å². The van der Waals surface area contributed by atoms with Gasteiger partial charge in [-0.15, -0.1) is 0 Å². The second kappa shape index (κ2) is 6.54. The summed E-state index contributed by atoms with van der Waals surface area (Å²) in [5.74, 6) is 0.203. The van der Waals surface area contributed by atoms with Crippen molar-refractivity contribution in [3.8, 4) is 0 Å². The van der Waals surface area contributed by atoms with E-state index in [1.807, 2.05) is 12.1 Å². The highest BCUT2D eigenvalue weighted by atomic mass is 19.4. The van der Waals surface area contributed by atoms with Gasteiger partial charge in [0.05, 0.1) is 6.04 Å². The Balaban J connectivity index is 1.80. The van der Waals surface area contributed by atoms with Gasteiger partial charge in [-0.3, -0.25) is 4.98 Å². The van der Waals surface area contributed by atoms with Crippen LogP contribution >= 0.6 is 0 Å². The molecule has 23 heavy (non-hydrogen) atoms. The van der Waals surface area contributed by atoms with Gasteiger partial charge in [-0.2, -0.15) is 13.2 Å². The molecule has 0 spiro atoms. The molecule has 3 heterocycles. The SMILES string of the molecule is FC(F)(F)c1cccc(N[C@@H]2CCCO[C@H]2c2ccncc2)n1. The lowest BCUT2D eigenvalue weighted by Crippen LogP contribution is -2.34. The molecule has 3 rings (SSSR count). The Bertz CT molecular complexity index is 649. The van der Waals surface area contributed by atoms with E-state index < -0.39 is 11.9 Å². The van der Waals surface area contributed by atoms with Gasteiger partial charge in [-0.25, -0.2) is 4.98 Å². The van der Waals surface area contributed by atoms with E-state index in [1.165, 1.54) is 12.1 Å². The lowest BCUT2D eigenvalue weighted by Gasteiger charge is -2.33. The van der Waals surface area contributed by atoms with Crippen LogP contribution in [-0.2, 0) is 10.9 Å². The van der Waals surface area contributed by atoms with E-state index in [9.17, 15) is 13.2 Å². The van der Waals surface area contributed by atoms with Gasteiger partial charge in [0.1, 0.15) is 17.6 Å². The van der Waals surface area contributed by atoms with E-state index in [2.05, 4.69) is 15.3 Å². The molecule has 1 saturated heterocycles. The lowest BCUT2D eigenvalue weighted by atomic mass is 9.96. The molecule has 122 valence electrons. The first kappa shape index (κ1) is 15.7. The molecule has 2 atom stereocenters. The third kappa shape index (κ3) is 3.79. The van der Waals surface area contributed by atoms with Gasteiger partial charge in [0.2, 0.25) is 0 Å². The van der Waals surface area contributed by atoms with Crippen LogP contribution in [0.1, 0.15) is 30.2 Å². The third-order valence-corrected chi connectivity index (χ3v) is 3.73. The molecule has 0 saturated carbocycles. The minimum Gasteiger partial charge on any atom is -0.371 e. The zero-order chi connectivity index (χ0) is 16.3. The fraction of sp³-hybridized carbons (Fsp3) is 0.375. The number of ether oxygens (including phenoxy) is 1. The average Bonchev–Trinajstić information content (AvgIpc) is 2.56. The van der Waals surface area contributed by atoms with E-state index in [-0.39, 0.29) is 18.0 Å². The Kier molecular flexibility index (Phi) is 4.47. The number of nitrogens with zero attached hydrogens (tertiary/aromatic N) is 2. The summed E-state index contributed by atoms with van der Waals surface area (Å²) in [7, 11) is 0. The van der Waals surface area contributed by atoms with Crippen molar-refractivity contribution in [1.29, 1.82) is 0 Å². The number of halogens is 3. The molecule has 1 aliphatic rings. The molecular formula is C16H16F3N3O. The van der Waals surface area contributed by atoms with Crippen molar-refractivity contribution in [2.75, 3.05) is 11.9 Å². The minimum atomic E-state index is -4.45. The Morgan fingerprint density at radius 1 is 1.13 bits per heavy atom. The number of pyridine rings is 2. The van der Waals surface area contributed by atoms with E-state index in [4.69, 9.17) is 4.74 Å². The van der Waals surface area contributed by atoms with Crippen molar-refractivity contribution in [3.05, 3.63) is 54.0 Å². The van der Waals surface area contributed by atoms with Crippen LogP contribution in [0.5, 0.6) is 0 Å². The quantitative estimate of drug-likeness (QED) is 0.932. The smallest absolute Gasteiger partial charge is 0.371 e. The summed E-state index contributed by atoms with van der Waals surface area (Å²) in [5.41, 5.74) is 0.0452. The summed E-state index contributed by atoms with van der Waals surface area (Å²) in [5, 5.41) is 3.09. The Hall–Kier alpha value is -2.15. The molecule has 2 aromatic heterocycles. The van der Waals surface area contributed by atoms with Gasteiger partial charge >= 0.3 is 6.18 Å². The summed E-state index contributed by atoms with van der Waals surface area (Å²) in [6, 6.07) is 7.41. The molecule has 1 aliphatic heterocycles. The maximum atomic E-state index is 12.8.